The van der Waals surface area contributed by atoms with E-state index >= 15 is 0 Å². The standard InChI is InChI=1S/C52H82N2O11/c1-31-16-12-11-13-17-32(2)43(62-8)28-39-20-19-37(7)52(53,30-39)49(59)50(60)54-23-15-14-18-40(54)51(61)65-44(34(4)26-38-21-22-41(55)45(27-38)63-9)29-42(56)33(3)25-36(6)47(58)48(64-10)46(57)35(5)24-31/h11-13,16-17,25,31,34-41,43-45,47-48,55,58H,14-15,18-24,26-30,53H2,1-10H3/t31-,34-,35-,36?,37-,38+,39+,40+,41?,43?,44?,45?,47?,48?,52?/m1/s1. The van der Waals surface area contributed by atoms with Crippen molar-refractivity contribution in [3.05, 3.63) is 47.6 Å². The largest absolute Gasteiger partial charge is 0.460 e. The molecule has 13 nitrogen and oxygen atoms in total. The first-order chi connectivity index (χ1) is 30.7. The summed E-state index contributed by atoms with van der Waals surface area (Å²) in [6.07, 6.45) is 14.0. The van der Waals surface area contributed by atoms with Crippen LogP contribution in [0.5, 0.6) is 0 Å². The van der Waals surface area contributed by atoms with Gasteiger partial charge in [-0.2, -0.15) is 0 Å². The van der Waals surface area contributed by atoms with Crippen LogP contribution in [-0.2, 0) is 42.9 Å². The van der Waals surface area contributed by atoms with Gasteiger partial charge in [0.25, 0.3) is 5.91 Å². The first-order valence-corrected chi connectivity index (χ1v) is 24.3. The van der Waals surface area contributed by atoms with Gasteiger partial charge in [0.05, 0.1) is 30.0 Å². The minimum absolute atomic E-state index is 0.0134. The molecule has 2 bridgehead atoms. The van der Waals surface area contributed by atoms with E-state index in [0.29, 0.717) is 69.8 Å². The summed E-state index contributed by atoms with van der Waals surface area (Å²) in [7, 11) is 4.64. The first kappa shape index (κ1) is 54.3. The fourth-order valence-electron chi connectivity index (χ4n) is 10.8. The quantitative estimate of drug-likeness (QED) is 0.187. The number of carbonyl (C=O) groups is 5. The summed E-state index contributed by atoms with van der Waals surface area (Å²) in [6.45, 7) is 13.3. The third kappa shape index (κ3) is 14.3. The van der Waals surface area contributed by atoms with Crippen molar-refractivity contribution in [2.75, 3.05) is 27.9 Å². The maximum Gasteiger partial charge on any atom is 0.329 e. The molecular formula is C52H82N2O11. The monoisotopic (exact) mass is 911 g/mol. The highest BCUT2D eigenvalue weighted by molar-refractivity contribution is 6.40. The van der Waals surface area contributed by atoms with Gasteiger partial charge in [0.2, 0.25) is 5.78 Å². The fraction of sp³-hybridized carbons (Fsp3) is 0.750. The van der Waals surface area contributed by atoms with E-state index in [1.807, 2.05) is 65.0 Å². The lowest BCUT2D eigenvalue weighted by Gasteiger charge is -2.44. The molecule has 2 heterocycles. The van der Waals surface area contributed by atoms with Crippen molar-refractivity contribution in [3.63, 3.8) is 0 Å². The lowest BCUT2D eigenvalue weighted by molar-refractivity contribution is -0.166. The second-order valence-electron chi connectivity index (χ2n) is 20.3. The summed E-state index contributed by atoms with van der Waals surface area (Å²) >= 11 is 0. The van der Waals surface area contributed by atoms with Crippen molar-refractivity contribution >= 4 is 29.2 Å². The molecule has 65 heavy (non-hydrogen) atoms. The second kappa shape index (κ2) is 25.2. The van der Waals surface area contributed by atoms with E-state index < -0.39 is 65.5 Å². The van der Waals surface area contributed by atoms with E-state index in [0.717, 1.165) is 18.4 Å². The molecule has 4 aliphatic rings. The molecule has 2 aliphatic heterocycles. The van der Waals surface area contributed by atoms with E-state index in [9.17, 15) is 34.2 Å². The maximum absolute atomic E-state index is 14.4. The highest BCUT2D eigenvalue weighted by Crippen LogP contribution is 2.40. The number of ether oxygens (including phenoxy) is 4. The summed E-state index contributed by atoms with van der Waals surface area (Å²) in [5, 5.41) is 22.0. The molecule has 0 spiro atoms. The Labute approximate surface area is 389 Å². The van der Waals surface area contributed by atoms with Crippen LogP contribution in [0.4, 0.5) is 0 Å². The van der Waals surface area contributed by atoms with Crippen LogP contribution >= 0.6 is 0 Å². The van der Waals surface area contributed by atoms with E-state index in [-0.39, 0.29) is 66.3 Å². The molecule has 13 heteroatoms. The maximum atomic E-state index is 14.4. The number of carbonyl (C=O) groups excluding carboxylic acids is 5. The van der Waals surface area contributed by atoms with Gasteiger partial charge in [0, 0.05) is 46.1 Å². The molecule has 0 radical (unpaired) electrons. The Morgan fingerprint density at radius 3 is 2.28 bits per heavy atom. The molecule has 1 amide bonds. The molecule has 2 saturated carbocycles. The predicted octanol–water partition coefficient (Wildman–Crippen LogP) is 6.81. The number of hydrogen-bond donors (Lipinski definition) is 3. The molecule has 4 rings (SSSR count). The molecule has 4 N–H and O–H groups in total. The zero-order valence-corrected chi connectivity index (χ0v) is 41.0. The normalized spacial score (nSPS) is 37.8. The van der Waals surface area contributed by atoms with Crippen molar-refractivity contribution in [3.8, 4) is 0 Å². The SMILES string of the molecule is COC1C[C@@H]2CC[C@@H](C)C(N)(C2)C(=O)C(=O)N2CCCC[C@H]2C(=O)OC([C@H](C)C[C@@H]2CCC(O)C(OC)C2)CC(=O)C(C)=CC(C)C(O)C(OC)C(=O)[C@H](C)C[C@H](C)C=CC=CC=C1C. The van der Waals surface area contributed by atoms with Gasteiger partial charge in [-0.25, -0.2) is 4.79 Å². The average molecular weight is 911 g/mol. The lowest BCUT2D eigenvalue weighted by atomic mass is 9.66. The number of amides is 1. The Hall–Kier alpha value is -3.33. The van der Waals surface area contributed by atoms with E-state index in [4.69, 9.17) is 24.7 Å². The van der Waals surface area contributed by atoms with Crippen molar-refractivity contribution < 1.29 is 53.1 Å². The highest BCUT2D eigenvalue weighted by Gasteiger charge is 2.50. The summed E-state index contributed by atoms with van der Waals surface area (Å²) in [4.78, 5) is 72.4. The van der Waals surface area contributed by atoms with Crippen LogP contribution in [0.1, 0.15) is 132 Å². The number of rotatable bonds is 6. The number of Topliss-reactive ketones (excluding diaryl/α,β-unsaturated/α-hetero) is 3. The topological polar surface area (TPSA) is 192 Å². The molecule has 0 aromatic heterocycles. The van der Waals surface area contributed by atoms with Crippen molar-refractivity contribution in [1.82, 2.24) is 4.90 Å². The summed E-state index contributed by atoms with van der Waals surface area (Å²) in [5.41, 5.74) is 6.94. The van der Waals surface area contributed by atoms with Crippen LogP contribution in [0.3, 0.4) is 0 Å². The Morgan fingerprint density at radius 1 is 0.877 bits per heavy atom. The minimum atomic E-state index is -1.43. The van der Waals surface area contributed by atoms with Crippen LogP contribution in [0.2, 0.25) is 0 Å². The number of piperidine rings is 1. The zero-order chi connectivity index (χ0) is 48.2. The molecule has 8 unspecified atom stereocenters. The van der Waals surface area contributed by atoms with Gasteiger partial charge in [0.1, 0.15) is 18.2 Å². The summed E-state index contributed by atoms with van der Waals surface area (Å²) in [5.74, 6) is -4.08. The van der Waals surface area contributed by atoms with Crippen molar-refractivity contribution in [2.24, 2.45) is 47.2 Å². The summed E-state index contributed by atoms with van der Waals surface area (Å²) in [6, 6.07) is -1.03. The number of cyclic esters (lactones) is 1. The number of methoxy groups -OCH3 is 3. The predicted molar refractivity (Wildman–Crippen MR) is 250 cm³/mol. The molecule has 1 saturated heterocycles. The van der Waals surface area contributed by atoms with E-state index in [2.05, 4.69) is 0 Å². The van der Waals surface area contributed by atoms with E-state index in [1.165, 1.54) is 12.0 Å². The summed E-state index contributed by atoms with van der Waals surface area (Å²) < 4.78 is 23.4. The Bertz CT molecular complexity index is 1760. The van der Waals surface area contributed by atoms with Crippen LogP contribution in [0.25, 0.3) is 0 Å². The van der Waals surface area contributed by atoms with Crippen LogP contribution in [-0.4, -0.2) is 120 Å². The smallest absolute Gasteiger partial charge is 0.329 e. The molecule has 2 aliphatic carbocycles. The molecule has 0 aromatic carbocycles. The van der Waals surface area contributed by atoms with Crippen LogP contribution in [0.15, 0.2) is 47.6 Å². The Morgan fingerprint density at radius 2 is 1.60 bits per heavy atom. The fourth-order valence-corrected chi connectivity index (χ4v) is 10.8. The van der Waals surface area contributed by atoms with Crippen LogP contribution < -0.4 is 5.73 Å². The highest BCUT2D eigenvalue weighted by atomic mass is 16.5. The van der Waals surface area contributed by atoms with Gasteiger partial charge in [-0.05, 0) is 132 Å². The number of aliphatic hydroxyl groups is 2. The number of allylic oxidation sites excluding steroid dienone is 6. The number of hydrogen-bond acceptors (Lipinski definition) is 12. The number of nitrogens with zero attached hydrogens (tertiary/aromatic N) is 1. The molecule has 366 valence electrons. The van der Waals surface area contributed by atoms with Gasteiger partial charge in [0.15, 0.2) is 11.6 Å². The number of nitrogens with two attached hydrogens (primary N) is 1. The Kier molecular flexibility index (Phi) is 21.0. The first-order valence-electron chi connectivity index (χ1n) is 24.3. The van der Waals surface area contributed by atoms with Gasteiger partial charge >= 0.3 is 5.97 Å². The number of ketones is 3. The van der Waals surface area contributed by atoms with E-state index in [1.54, 1.807) is 34.1 Å². The molecule has 3 fully saturated rings. The molecular weight excluding hydrogens is 829 g/mol. The number of aliphatic hydroxyl groups excluding tert-OH is 2. The third-order valence-corrected chi connectivity index (χ3v) is 15.2. The van der Waals surface area contributed by atoms with Crippen molar-refractivity contribution in [1.29, 1.82) is 0 Å². The lowest BCUT2D eigenvalue weighted by Crippen LogP contribution is -2.63. The Balaban J connectivity index is 1.70. The average Bonchev–Trinajstić information content (AvgIpc) is 3.28. The molecule has 0 aromatic rings. The minimum Gasteiger partial charge on any atom is -0.460 e. The van der Waals surface area contributed by atoms with Crippen molar-refractivity contribution in [2.45, 2.75) is 180 Å². The second-order valence-corrected chi connectivity index (χ2v) is 20.3. The number of esters is 1. The van der Waals surface area contributed by atoms with Gasteiger partial charge < -0.3 is 39.8 Å². The zero-order valence-electron chi connectivity index (χ0n) is 41.0. The van der Waals surface area contributed by atoms with Crippen LogP contribution in [0, 0.1) is 41.4 Å². The number of fused-ring (bicyclic) bond motifs is 3. The molecule has 15 atom stereocenters. The third-order valence-electron chi connectivity index (χ3n) is 15.2. The van der Waals surface area contributed by atoms with Gasteiger partial charge in [-0.15, -0.1) is 0 Å². The van der Waals surface area contributed by atoms with Gasteiger partial charge in [-0.3, -0.25) is 19.2 Å². The van der Waals surface area contributed by atoms with Gasteiger partial charge in [-0.1, -0.05) is 71.1 Å².